The molecular formula is C4H2N2S. The maximum Gasteiger partial charge on any atom is 0.260 e. The number of rotatable bonds is 0. The van der Waals surface area contributed by atoms with Gasteiger partial charge < -0.3 is 0 Å². The number of thiazole rings is 1. The Balaban J connectivity index is 3.04. The lowest BCUT2D eigenvalue weighted by molar-refractivity contribution is 1.43. The average molecular weight is 110 g/mol. The molecule has 0 fully saturated rings. The van der Waals surface area contributed by atoms with E-state index in [1.807, 2.05) is 0 Å². The third kappa shape index (κ3) is 0.756. The Hall–Kier alpha value is -0.880. The second-order valence-corrected chi connectivity index (χ2v) is 1.82. The smallest absolute Gasteiger partial charge is 0.260 e. The van der Waals surface area contributed by atoms with Crippen molar-refractivity contribution in [3.05, 3.63) is 23.1 Å². The first-order valence-electron chi connectivity index (χ1n) is 1.69. The van der Waals surface area contributed by atoms with Crippen LogP contribution < -0.4 is 0 Å². The monoisotopic (exact) mass is 110 g/mol. The second kappa shape index (κ2) is 1.71. The minimum atomic E-state index is 0.653. The predicted octanol–water partition coefficient (Wildman–Crippen LogP) is 1.69. The van der Waals surface area contributed by atoms with Gasteiger partial charge in [-0.3, -0.25) is 4.98 Å². The molecule has 1 aromatic heterocycles. The SMILES string of the molecule is [C-]#[N+]c1cncs1. The minimum absolute atomic E-state index is 0.653. The van der Waals surface area contributed by atoms with Crippen molar-refractivity contribution in [2.45, 2.75) is 0 Å². The first-order valence-corrected chi connectivity index (χ1v) is 2.57. The van der Waals surface area contributed by atoms with Gasteiger partial charge in [0.15, 0.2) is 0 Å². The summed E-state index contributed by atoms with van der Waals surface area (Å²) in [4.78, 5) is 6.83. The summed E-state index contributed by atoms with van der Waals surface area (Å²) in [5.41, 5.74) is 1.65. The van der Waals surface area contributed by atoms with E-state index >= 15 is 0 Å². The Morgan fingerprint density at radius 2 is 2.71 bits per heavy atom. The van der Waals surface area contributed by atoms with E-state index < -0.39 is 0 Å². The summed E-state index contributed by atoms with van der Waals surface area (Å²) in [5, 5.41) is 0.653. The standard InChI is InChI=1S/C4H2N2S/c1-5-4-2-6-3-7-4/h2-3H. The fourth-order valence-corrected chi connectivity index (χ4v) is 0.668. The number of hydrogen-bond donors (Lipinski definition) is 0. The van der Waals surface area contributed by atoms with Gasteiger partial charge in [0.1, 0.15) is 0 Å². The summed E-state index contributed by atoms with van der Waals surface area (Å²) in [6.45, 7) is 6.46. The van der Waals surface area contributed by atoms with Crippen LogP contribution in [0.1, 0.15) is 0 Å². The Bertz CT molecular complexity index is 172. The summed E-state index contributed by atoms with van der Waals surface area (Å²) in [5.74, 6) is 0. The molecule has 0 bridgehead atoms. The van der Waals surface area contributed by atoms with Crippen molar-refractivity contribution in [3.63, 3.8) is 0 Å². The predicted molar refractivity (Wildman–Crippen MR) is 28.4 cm³/mol. The normalized spacial score (nSPS) is 7.86. The maximum absolute atomic E-state index is 6.46. The zero-order valence-electron chi connectivity index (χ0n) is 3.46. The van der Waals surface area contributed by atoms with E-state index in [1.54, 1.807) is 11.7 Å². The van der Waals surface area contributed by atoms with Crippen LogP contribution in [0, 0.1) is 6.57 Å². The molecule has 7 heavy (non-hydrogen) atoms. The van der Waals surface area contributed by atoms with Gasteiger partial charge in [0.2, 0.25) is 0 Å². The highest BCUT2D eigenvalue weighted by molar-refractivity contribution is 7.13. The Labute approximate surface area is 45.3 Å². The van der Waals surface area contributed by atoms with Crippen LogP contribution in [0.2, 0.25) is 0 Å². The maximum atomic E-state index is 6.46. The molecule has 0 atom stereocenters. The van der Waals surface area contributed by atoms with Crippen LogP contribution in [0.15, 0.2) is 11.7 Å². The van der Waals surface area contributed by atoms with E-state index in [2.05, 4.69) is 9.83 Å². The van der Waals surface area contributed by atoms with E-state index in [1.165, 1.54) is 11.3 Å². The van der Waals surface area contributed by atoms with Crippen LogP contribution in [0.5, 0.6) is 0 Å². The quantitative estimate of drug-likeness (QED) is 0.464. The summed E-state index contributed by atoms with van der Waals surface area (Å²) >= 11 is 1.36. The van der Waals surface area contributed by atoms with E-state index in [0.29, 0.717) is 5.00 Å². The molecule has 3 heteroatoms. The average Bonchev–Trinajstić information content (AvgIpc) is 2.14. The summed E-state index contributed by atoms with van der Waals surface area (Å²) in [6.07, 6.45) is 1.55. The lowest BCUT2D eigenvalue weighted by atomic mass is 10.9. The van der Waals surface area contributed by atoms with Gasteiger partial charge in [-0.25, -0.2) is 4.85 Å². The van der Waals surface area contributed by atoms with Gasteiger partial charge in [0.05, 0.1) is 12.1 Å². The van der Waals surface area contributed by atoms with Crippen LogP contribution in [0.4, 0.5) is 5.00 Å². The van der Waals surface area contributed by atoms with Crippen LogP contribution in [-0.4, -0.2) is 4.98 Å². The third-order valence-electron chi connectivity index (χ3n) is 0.529. The largest absolute Gasteiger partial charge is 0.266 e. The molecule has 1 aromatic rings. The topological polar surface area (TPSA) is 17.2 Å². The summed E-state index contributed by atoms with van der Waals surface area (Å²) < 4.78 is 0. The molecule has 0 aliphatic carbocycles. The first-order chi connectivity index (χ1) is 3.43. The molecule has 0 N–H and O–H groups in total. The molecule has 0 saturated heterocycles. The molecule has 0 saturated carbocycles. The third-order valence-corrected chi connectivity index (χ3v) is 1.19. The fraction of sp³-hybridized carbons (Fsp3) is 0. The van der Waals surface area contributed by atoms with Gasteiger partial charge in [0.25, 0.3) is 5.00 Å². The Kier molecular flexibility index (Phi) is 1.05. The molecule has 0 spiro atoms. The van der Waals surface area contributed by atoms with Crippen molar-refractivity contribution in [3.8, 4) is 0 Å². The van der Waals surface area contributed by atoms with E-state index in [0.717, 1.165) is 0 Å². The van der Waals surface area contributed by atoms with Gasteiger partial charge in [-0.1, -0.05) is 0 Å². The number of nitrogens with zero attached hydrogens (tertiary/aromatic N) is 2. The van der Waals surface area contributed by atoms with E-state index in [4.69, 9.17) is 6.57 Å². The van der Waals surface area contributed by atoms with Gasteiger partial charge in [-0.15, -0.1) is 11.3 Å². The first kappa shape index (κ1) is 4.28. The second-order valence-electron chi connectivity index (χ2n) is 0.951. The summed E-state index contributed by atoms with van der Waals surface area (Å²) in [7, 11) is 0. The van der Waals surface area contributed by atoms with Crippen molar-refractivity contribution >= 4 is 16.3 Å². The number of aromatic nitrogens is 1. The van der Waals surface area contributed by atoms with Crippen molar-refractivity contribution in [1.82, 2.24) is 4.98 Å². The van der Waals surface area contributed by atoms with Crippen molar-refractivity contribution < 1.29 is 0 Å². The van der Waals surface area contributed by atoms with Gasteiger partial charge in [0, 0.05) is 6.20 Å². The zero-order valence-corrected chi connectivity index (χ0v) is 4.27. The molecule has 2 nitrogen and oxygen atoms in total. The molecule has 0 aliphatic rings. The molecule has 0 radical (unpaired) electrons. The van der Waals surface area contributed by atoms with E-state index in [9.17, 15) is 0 Å². The molecular weight excluding hydrogens is 108 g/mol. The fourth-order valence-electron chi connectivity index (χ4n) is 0.264. The molecule has 34 valence electrons. The molecule has 1 heterocycles. The molecule has 1 rings (SSSR count). The van der Waals surface area contributed by atoms with Gasteiger partial charge in [-0.05, 0) is 0 Å². The Morgan fingerprint density at radius 1 is 1.86 bits per heavy atom. The molecule has 0 unspecified atom stereocenters. The van der Waals surface area contributed by atoms with Crippen LogP contribution in [0.3, 0.4) is 0 Å². The van der Waals surface area contributed by atoms with Crippen LogP contribution >= 0.6 is 11.3 Å². The Morgan fingerprint density at radius 3 is 3.00 bits per heavy atom. The van der Waals surface area contributed by atoms with Crippen molar-refractivity contribution in [2.24, 2.45) is 0 Å². The highest BCUT2D eigenvalue weighted by Crippen LogP contribution is 2.15. The number of hydrogen-bond acceptors (Lipinski definition) is 2. The van der Waals surface area contributed by atoms with Gasteiger partial charge >= 0.3 is 0 Å². The van der Waals surface area contributed by atoms with Crippen LogP contribution in [-0.2, 0) is 0 Å². The zero-order chi connectivity index (χ0) is 5.11. The lowest BCUT2D eigenvalue weighted by Gasteiger charge is -1.62. The van der Waals surface area contributed by atoms with Crippen molar-refractivity contribution in [1.29, 1.82) is 0 Å². The van der Waals surface area contributed by atoms with Crippen molar-refractivity contribution in [2.75, 3.05) is 0 Å². The lowest BCUT2D eigenvalue weighted by Crippen LogP contribution is -1.41. The molecule has 0 amide bonds. The minimum Gasteiger partial charge on any atom is -0.266 e. The van der Waals surface area contributed by atoms with Crippen LogP contribution in [0.25, 0.3) is 4.85 Å². The highest BCUT2D eigenvalue weighted by Gasteiger charge is 1.84. The van der Waals surface area contributed by atoms with Gasteiger partial charge in [-0.2, -0.15) is 0 Å². The molecule has 0 aromatic carbocycles. The molecule has 0 aliphatic heterocycles. The van der Waals surface area contributed by atoms with E-state index in [-0.39, 0.29) is 0 Å². The summed E-state index contributed by atoms with van der Waals surface area (Å²) in [6, 6.07) is 0. The highest BCUT2D eigenvalue weighted by atomic mass is 32.1.